The summed E-state index contributed by atoms with van der Waals surface area (Å²) >= 11 is 0. The van der Waals surface area contributed by atoms with Gasteiger partial charge in [0.25, 0.3) is 0 Å². The van der Waals surface area contributed by atoms with Gasteiger partial charge in [-0.25, -0.2) is 11.4 Å². The zero-order valence-corrected chi connectivity index (χ0v) is 6.16. The third-order valence-corrected chi connectivity index (χ3v) is 1.14. The van der Waals surface area contributed by atoms with Crippen molar-refractivity contribution in [2.75, 3.05) is 0 Å². The maximum Gasteiger partial charge on any atom is 0.387 e. The molecule has 0 aromatic heterocycles. The van der Waals surface area contributed by atoms with E-state index in [1.54, 1.807) is 0 Å². The first-order valence-corrected chi connectivity index (χ1v) is 3.17. The van der Waals surface area contributed by atoms with E-state index >= 15 is 0 Å². The molecule has 0 aromatic rings. The maximum absolute atomic E-state index is 10.3. The SMILES string of the molecule is [C-]#[N+]C(CC(C)C)C(=O)O. The van der Waals surface area contributed by atoms with Gasteiger partial charge in [0.1, 0.15) is 0 Å². The molecule has 3 heteroatoms. The minimum absolute atomic E-state index is 0.273. The normalized spacial score (nSPS) is 12.6. The van der Waals surface area contributed by atoms with Crippen LogP contribution in [0, 0.1) is 12.5 Å². The largest absolute Gasteiger partial charge is 0.476 e. The molecule has 0 spiro atoms. The van der Waals surface area contributed by atoms with E-state index in [1.165, 1.54) is 0 Å². The van der Waals surface area contributed by atoms with Crippen molar-refractivity contribution in [3.63, 3.8) is 0 Å². The van der Waals surface area contributed by atoms with E-state index in [0.717, 1.165) is 0 Å². The van der Waals surface area contributed by atoms with Crippen LogP contribution in [0.5, 0.6) is 0 Å². The highest BCUT2D eigenvalue weighted by atomic mass is 16.4. The highest BCUT2D eigenvalue weighted by Gasteiger charge is 2.22. The summed E-state index contributed by atoms with van der Waals surface area (Å²) in [4.78, 5) is 13.2. The van der Waals surface area contributed by atoms with Gasteiger partial charge in [-0.1, -0.05) is 13.8 Å². The predicted molar refractivity (Wildman–Crippen MR) is 37.5 cm³/mol. The van der Waals surface area contributed by atoms with Gasteiger partial charge in [-0.2, -0.15) is 0 Å². The van der Waals surface area contributed by atoms with Crippen molar-refractivity contribution >= 4 is 5.97 Å². The molecular formula is C7H11NO2. The Morgan fingerprint density at radius 1 is 1.70 bits per heavy atom. The van der Waals surface area contributed by atoms with Crippen molar-refractivity contribution in [1.29, 1.82) is 0 Å². The molecule has 1 unspecified atom stereocenters. The van der Waals surface area contributed by atoms with Gasteiger partial charge in [0.05, 0.1) is 0 Å². The highest BCUT2D eigenvalue weighted by molar-refractivity contribution is 5.75. The zero-order chi connectivity index (χ0) is 8.15. The molecule has 56 valence electrons. The number of nitrogens with zero attached hydrogens (tertiary/aromatic N) is 1. The molecule has 0 bridgehead atoms. The summed E-state index contributed by atoms with van der Waals surface area (Å²) in [6.07, 6.45) is 0.443. The molecule has 0 amide bonds. The molecule has 0 heterocycles. The second-order valence-electron chi connectivity index (χ2n) is 2.61. The Hall–Kier alpha value is -1.04. The van der Waals surface area contributed by atoms with Gasteiger partial charge in [-0.15, -0.1) is 0 Å². The fraction of sp³-hybridized carbons (Fsp3) is 0.714. The molecule has 0 aliphatic carbocycles. The summed E-state index contributed by atoms with van der Waals surface area (Å²) in [5.74, 6) is -0.737. The summed E-state index contributed by atoms with van der Waals surface area (Å²) in [7, 11) is 0. The van der Waals surface area contributed by atoms with Crippen LogP contribution in [0.4, 0.5) is 0 Å². The van der Waals surface area contributed by atoms with E-state index in [2.05, 4.69) is 4.85 Å². The molecule has 0 rings (SSSR count). The third kappa shape index (κ3) is 3.08. The van der Waals surface area contributed by atoms with Crippen molar-refractivity contribution in [3.8, 4) is 0 Å². The number of hydrogen-bond donors (Lipinski definition) is 1. The second-order valence-corrected chi connectivity index (χ2v) is 2.61. The van der Waals surface area contributed by atoms with E-state index in [9.17, 15) is 4.79 Å². The first-order chi connectivity index (χ1) is 4.57. The molecular weight excluding hydrogens is 130 g/mol. The van der Waals surface area contributed by atoms with E-state index in [-0.39, 0.29) is 5.92 Å². The summed E-state index contributed by atoms with van der Waals surface area (Å²) < 4.78 is 0. The molecule has 10 heavy (non-hydrogen) atoms. The van der Waals surface area contributed by atoms with Gasteiger partial charge < -0.3 is 9.95 Å². The van der Waals surface area contributed by atoms with Gasteiger partial charge in [-0.3, -0.25) is 0 Å². The number of rotatable bonds is 3. The van der Waals surface area contributed by atoms with Crippen molar-refractivity contribution in [2.45, 2.75) is 26.3 Å². The molecule has 1 N–H and O–H groups in total. The van der Waals surface area contributed by atoms with Crippen LogP contribution < -0.4 is 0 Å². The number of carbonyl (C=O) groups is 1. The molecule has 0 aliphatic heterocycles. The molecule has 0 saturated carbocycles. The monoisotopic (exact) mass is 141 g/mol. The summed E-state index contributed by atoms with van der Waals surface area (Å²) in [5.41, 5.74) is 0. The summed E-state index contributed by atoms with van der Waals surface area (Å²) in [6.45, 7) is 10.3. The Kier molecular flexibility index (Phi) is 3.48. The second kappa shape index (κ2) is 3.89. The van der Waals surface area contributed by atoms with E-state index < -0.39 is 12.0 Å². The van der Waals surface area contributed by atoms with Crippen molar-refractivity contribution in [3.05, 3.63) is 11.4 Å². The van der Waals surface area contributed by atoms with Crippen LogP contribution in [0.2, 0.25) is 0 Å². The average Bonchev–Trinajstić information content (AvgIpc) is 1.81. The van der Waals surface area contributed by atoms with Gasteiger partial charge in [0.15, 0.2) is 0 Å². The molecule has 0 aliphatic rings. The molecule has 3 nitrogen and oxygen atoms in total. The first kappa shape index (κ1) is 8.96. The lowest BCUT2D eigenvalue weighted by Crippen LogP contribution is -2.17. The average molecular weight is 141 g/mol. The minimum atomic E-state index is -1.01. The van der Waals surface area contributed by atoms with Crippen molar-refractivity contribution < 1.29 is 9.90 Å². The maximum atomic E-state index is 10.3. The van der Waals surface area contributed by atoms with Crippen LogP contribution in [-0.4, -0.2) is 17.1 Å². The Morgan fingerprint density at radius 3 is 2.30 bits per heavy atom. The van der Waals surface area contributed by atoms with Crippen LogP contribution in [0.15, 0.2) is 0 Å². The van der Waals surface area contributed by atoms with Crippen LogP contribution in [-0.2, 0) is 4.79 Å². The number of aliphatic carboxylic acids is 1. The minimum Gasteiger partial charge on any atom is -0.476 e. The molecule has 0 fully saturated rings. The van der Waals surface area contributed by atoms with Gasteiger partial charge in [0, 0.05) is 6.42 Å². The lowest BCUT2D eigenvalue weighted by Gasteiger charge is -2.01. The standard InChI is InChI=1S/C7H11NO2/c1-5(2)4-6(8-3)7(9)10/h5-6H,4H2,1-2H3,(H,9,10). The fourth-order valence-corrected chi connectivity index (χ4v) is 0.655. The van der Waals surface area contributed by atoms with E-state index in [4.69, 9.17) is 11.7 Å². The Bertz CT molecular complexity index is 157. The Balaban J connectivity index is 3.88. The topological polar surface area (TPSA) is 41.7 Å². The van der Waals surface area contributed by atoms with Gasteiger partial charge >= 0.3 is 12.0 Å². The molecule has 0 aromatic carbocycles. The lowest BCUT2D eigenvalue weighted by molar-refractivity contribution is -0.137. The predicted octanol–water partition coefficient (Wildman–Crippen LogP) is 1.40. The van der Waals surface area contributed by atoms with Crippen LogP contribution >= 0.6 is 0 Å². The van der Waals surface area contributed by atoms with Crippen LogP contribution in [0.25, 0.3) is 4.85 Å². The quantitative estimate of drug-likeness (QED) is 0.603. The summed E-state index contributed by atoms with van der Waals surface area (Å²) in [6, 6.07) is -0.847. The van der Waals surface area contributed by atoms with Crippen molar-refractivity contribution in [2.24, 2.45) is 5.92 Å². The van der Waals surface area contributed by atoms with Crippen LogP contribution in [0.3, 0.4) is 0 Å². The number of carboxylic acids is 1. The number of carboxylic acid groups (broad SMARTS) is 1. The lowest BCUT2D eigenvalue weighted by atomic mass is 10.1. The highest BCUT2D eigenvalue weighted by Crippen LogP contribution is 2.07. The third-order valence-electron chi connectivity index (χ3n) is 1.14. The summed E-state index contributed by atoms with van der Waals surface area (Å²) in [5, 5.41) is 8.41. The van der Waals surface area contributed by atoms with Crippen molar-refractivity contribution in [1.82, 2.24) is 0 Å². The van der Waals surface area contributed by atoms with E-state index in [0.29, 0.717) is 6.42 Å². The smallest absolute Gasteiger partial charge is 0.387 e. The van der Waals surface area contributed by atoms with Gasteiger partial charge in [0.2, 0.25) is 0 Å². The number of hydrogen-bond acceptors (Lipinski definition) is 1. The van der Waals surface area contributed by atoms with Crippen LogP contribution in [0.1, 0.15) is 20.3 Å². The zero-order valence-electron chi connectivity index (χ0n) is 6.16. The molecule has 1 atom stereocenters. The van der Waals surface area contributed by atoms with Gasteiger partial charge in [-0.05, 0) is 5.92 Å². The Labute approximate surface area is 60.5 Å². The first-order valence-electron chi connectivity index (χ1n) is 3.17. The van der Waals surface area contributed by atoms with E-state index in [1.807, 2.05) is 13.8 Å². The Morgan fingerprint density at radius 2 is 2.20 bits per heavy atom. The molecule has 0 radical (unpaired) electrons. The molecule has 0 saturated heterocycles. The fourth-order valence-electron chi connectivity index (χ4n) is 0.655.